The van der Waals surface area contributed by atoms with Crippen molar-refractivity contribution in [1.82, 2.24) is 15.1 Å². The van der Waals surface area contributed by atoms with Gasteiger partial charge in [-0.25, -0.2) is 8.42 Å². The van der Waals surface area contributed by atoms with Gasteiger partial charge >= 0.3 is 0 Å². The number of morpholine rings is 1. The van der Waals surface area contributed by atoms with Gasteiger partial charge in [-0.2, -0.15) is 5.10 Å². The highest BCUT2D eigenvalue weighted by Crippen LogP contribution is 2.24. The van der Waals surface area contributed by atoms with E-state index in [0.717, 1.165) is 24.3 Å². The second-order valence-corrected chi connectivity index (χ2v) is 7.51. The van der Waals surface area contributed by atoms with E-state index in [1.54, 1.807) is 18.3 Å². The predicted molar refractivity (Wildman–Crippen MR) is 82.1 cm³/mol. The summed E-state index contributed by atoms with van der Waals surface area (Å²) in [4.78, 5) is 2.66. The summed E-state index contributed by atoms with van der Waals surface area (Å²) in [6.07, 6.45) is 2.96. The quantitative estimate of drug-likeness (QED) is 0.921. The molecule has 0 radical (unpaired) electrons. The number of aromatic amines is 1. The third-order valence-electron chi connectivity index (χ3n) is 3.86. The molecule has 7 heteroatoms. The van der Waals surface area contributed by atoms with Crippen LogP contribution in [-0.4, -0.2) is 49.5 Å². The van der Waals surface area contributed by atoms with Gasteiger partial charge in [-0.3, -0.25) is 10.00 Å². The van der Waals surface area contributed by atoms with E-state index in [0.29, 0.717) is 18.1 Å². The third kappa shape index (κ3) is 3.37. The Hall–Kier alpha value is -1.70. The first-order chi connectivity index (χ1) is 10.5. The van der Waals surface area contributed by atoms with Crippen molar-refractivity contribution in [2.45, 2.75) is 17.5 Å². The largest absolute Gasteiger partial charge is 0.378 e. The van der Waals surface area contributed by atoms with Crippen LogP contribution in [0.5, 0.6) is 0 Å². The van der Waals surface area contributed by atoms with Gasteiger partial charge in [-0.05, 0) is 23.8 Å². The van der Waals surface area contributed by atoms with Crippen molar-refractivity contribution in [3.8, 4) is 0 Å². The van der Waals surface area contributed by atoms with Crippen LogP contribution < -0.4 is 0 Å². The predicted octanol–water partition coefficient (Wildman–Crippen LogP) is 1.39. The van der Waals surface area contributed by atoms with Crippen LogP contribution in [0.1, 0.15) is 17.3 Å². The molecule has 0 saturated carbocycles. The SMILES string of the molecule is CS(=O)(=O)c1ccc(CN2CCOC[C@@H]2c2ccn[nH]2)cc1. The minimum atomic E-state index is -3.15. The zero-order valence-corrected chi connectivity index (χ0v) is 13.2. The molecule has 1 aliphatic heterocycles. The summed E-state index contributed by atoms with van der Waals surface area (Å²) in [6.45, 7) is 2.91. The number of aromatic nitrogens is 2. The average molecular weight is 321 g/mol. The van der Waals surface area contributed by atoms with Gasteiger partial charge in [-0.15, -0.1) is 0 Å². The molecule has 1 aliphatic rings. The number of nitrogens with zero attached hydrogens (tertiary/aromatic N) is 2. The maximum absolute atomic E-state index is 11.5. The lowest BCUT2D eigenvalue weighted by Crippen LogP contribution is -2.39. The van der Waals surface area contributed by atoms with Gasteiger partial charge in [0.25, 0.3) is 0 Å². The van der Waals surface area contributed by atoms with Crippen LogP contribution in [-0.2, 0) is 21.1 Å². The number of ether oxygens (including phenoxy) is 1. The van der Waals surface area contributed by atoms with Gasteiger partial charge in [-0.1, -0.05) is 12.1 Å². The molecule has 2 aromatic rings. The lowest BCUT2D eigenvalue weighted by Gasteiger charge is -2.34. The number of rotatable bonds is 4. The summed E-state index contributed by atoms with van der Waals surface area (Å²) in [6, 6.07) is 9.17. The highest BCUT2D eigenvalue weighted by molar-refractivity contribution is 7.90. The van der Waals surface area contributed by atoms with Crippen molar-refractivity contribution >= 4 is 9.84 Å². The van der Waals surface area contributed by atoms with Crippen LogP contribution in [0.3, 0.4) is 0 Å². The number of nitrogens with one attached hydrogen (secondary N) is 1. The van der Waals surface area contributed by atoms with Crippen molar-refractivity contribution in [2.75, 3.05) is 26.0 Å². The van der Waals surface area contributed by atoms with Gasteiger partial charge in [0, 0.05) is 25.5 Å². The maximum atomic E-state index is 11.5. The van der Waals surface area contributed by atoms with E-state index in [2.05, 4.69) is 15.1 Å². The summed E-state index contributed by atoms with van der Waals surface area (Å²) < 4.78 is 28.6. The Morgan fingerprint density at radius 3 is 2.73 bits per heavy atom. The van der Waals surface area contributed by atoms with E-state index in [-0.39, 0.29) is 6.04 Å². The third-order valence-corrected chi connectivity index (χ3v) is 4.99. The molecule has 0 unspecified atom stereocenters. The normalized spacial score (nSPS) is 20.1. The Labute approximate surface area is 130 Å². The van der Waals surface area contributed by atoms with E-state index in [9.17, 15) is 8.42 Å². The Morgan fingerprint density at radius 2 is 2.09 bits per heavy atom. The van der Waals surface area contributed by atoms with Gasteiger partial charge in [0.1, 0.15) is 0 Å². The minimum absolute atomic E-state index is 0.144. The van der Waals surface area contributed by atoms with Crippen LogP contribution in [0.25, 0.3) is 0 Å². The van der Waals surface area contributed by atoms with Crippen LogP contribution in [0, 0.1) is 0 Å². The maximum Gasteiger partial charge on any atom is 0.175 e. The minimum Gasteiger partial charge on any atom is -0.378 e. The molecular formula is C15H19N3O3S. The lowest BCUT2D eigenvalue weighted by molar-refractivity contribution is -0.0142. The van der Waals surface area contributed by atoms with Crippen LogP contribution in [0.2, 0.25) is 0 Å². The van der Waals surface area contributed by atoms with Crippen LogP contribution in [0.15, 0.2) is 41.4 Å². The number of hydrogen-bond donors (Lipinski definition) is 1. The Bertz CT molecular complexity index is 711. The Balaban J connectivity index is 1.76. The molecular weight excluding hydrogens is 302 g/mol. The zero-order valence-electron chi connectivity index (χ0n) is 12.4. The van der Waals surface area contributed by atoms with E-state index >= 15 is 0 Å². The molecule has 1 aromatic carbocycles. The second-order valence-electron chi connectivity index (χ2n) is 5.49. The molecule has 1 saturated heterocycles. The van der Waals surface area contributed by atoms with Crippen molar-refractivity contribution in [1.29, 1.82) is 0 Å². The number of sulfone groups is 1. The lowest BCUT2D eigenvalue weighted by atomic mass is 10.1. The first-order valence-electron chi connectivity index (χ1n) is 7.14. The van der Waals surface area contributed by atoms with Crippen molar-refractivity contribution in [2.24, 2.45) is 0 Å². The van der Waals surface area contributed by atoms with Crippen molar-refractivity contribution < 1.29 is 13.2 Å². The Morgan fingerprint density at radius 1 is 1.32 bits per heavy atom. The summed E-state index contributed by atoms with van der Waals surface area (Å²) in [5.74, 6) is 0. The number of benzene rings is 1. The molecule has 3 rings (SSSR count). The number of hydrogen-bond acceptors (Lipinski definition) is 5. The highest BCUT2D eigenvalue weighted by atomic mass is 32.2. The van der Waals surface area contributed by atoms with E-state index in [1.807, 2.05) is 18.2 Å². The monoisotopic (exact) mass is 321 g/mol. The summed E-state index contributed by atoms with van der Waals surface area (Å²) in [7, 11) is -3.15. The standard InChI is InChI=1S/C15H19N3O3S/c1-22(19,20)13-4-2-12(3-5-13)10-18-8-9-21-11-15(18)14-6-7-16-17-14/h2-7,15H,8-11H2,1H3,(H,16,17)/t15-/m1/s1. The topological polar surface area (TPSA) is 75.3 Å². The smallest absolute Gasteiger partial charge is 0.175 e. The molecule has 6 nitrogen and oxygen atoms in total. The molecule has 1 aromatic heterocycles. The summed E-state index contributed by atoms with van der Waals surface area (Å²) >= 11 is 0. The van der Waals surface area contributed by atoms with Gasteiger partial charge < -0.3 is 4.74 Å². The molecule has 2 heterocycles. The summed E-state index contributed by atoms with van der Waals surface area (Å²) in [5, 5.41) is 7.00. The first-order valence-corrected chi connectivity index (χ1v) is 9.03. The molecule has 1 fully saturated rings. The first kappa shape index (κ1) is 15.2. The van der Waals surface area contributed by atoms with E-state index in [1.165, 1.54) is 6.26 Å². The zero-order chi connectivity index (χ0) is 15.6. The molecule has 22 heavy (non-hydrogen) atoms. The fraction of sp³-hybridized carbons (Fsp3) is 0.400. The molecule has 0 amide bonds. The van der Waals surface area contributed by atoms with E-state index < -0.39 is 9.84 Å². The van der Waals surface area contributed by atoms with Crippen molar-refractivity contribution in [3.63, 3.8) is 0 Å². The van der Waals surface area contributed by atoms with Gasteiger partial charge in [0.2, 0.25) is 0 Å². The number of H-pyrrole nitrogens is 1. The fourth-order valence-electron chi connectivity index (χ4n) is 2.64. The van der Waals surface area contributed by atoms with E-state index in [4.69, 9.17) is 4.74 Å². The molecule has 1 atom stereocenters. The van der Waals surface area contributed by atoms with Crippen LogP contribution in [0.4, 0.5) is 0 Å². The second kappa shape index (κ2) is 6.20. The van der Waals surface area contributed by atoms with Gasteiger partial charge in [0.15, 0.2) is 9.84 Å². The molecule has 0 aliphatic carbocycles. The molecule has 1 N–H and O–H groups in total. The highest BCUT2D eigenvalue weighted by Gasteiger charge is 2.25. The molecule has 0 bridgehead atoms. The Kier molecular flexibility index (Phi) is 4.28. The summed E-state index contributed by atoms with van der Waals surface area (Å²) in [5.41, 5.74) is 2.12. The van der Waals surface area contributed by atoms with Crippen LogP contribution >= 0.6 is 0 Å². The van der Waals surface area contributed by atoms with Gasteiger partial charge in [0.05, 0.1) is 29.8 Å². The molecule has 118 valence electrons. The molecule has 0 spiro atoms. The fourth-order valence-corrected chi connectivity index (χ4v) is 3.27. The average Bonchev–Trinajstić information content (AvgIpc) is 3.01. The van der Waals surface area contributed by atoms with Crippen molar-refractivity contribution in [3.05, 3.63) is 47.8 Å².